The van der Waals surface area contributed by atoms with Crippen molar-refractivity contribution < 1.29 is 19.4 Å². The van der Waals surface area contributed by atoms with Crippen molar-refractivity contribution >= 4 is 33.9 Å². The summed E-state index contributed by atoms with van der Waals surface area (Å²) in [4.78, 5) is 27.5. The van der Waals surface area contributed by atoms with Gasteiger partial charge in [-0.2, -0.15) is 0 Å². The van der Waals surface area contributed by atoms with E-state index in [4.69, 9.17) is 4.74 Å². The van der Waals surface area contributed by atoms with Crippen LogP contribution in [0.25, 0.3) is 5.76 Å². The Labute approximate surface area is 196 Å². The number of Topliss-reactive ketones (excluding diaryl/α,β-unsaturated/α-hetero) is 1. The molecule has 33 heavy (non-hydrogen) atoms. The van der Waals surface area contributed by atoms with Gasteiger partial charge in [0.15, 0.2) is 0 Å². The van der Waals surface area contributed by atoms with Gasteiger partial charge in [-0.3, -0.25) is 14.5 Å². The number of amides is 1. The Hall–Kier alpha value is -3.52. The van der Waals surface area contributed by atoms with Crippen molar-refractivity contribution in [3.8, 4) is 5.75 Å². The third-order valence-electron chi connectivity index (χ3n) is 5.45. The standard InChI is InChI=1S/C25H25N3O4S/c1-4-5-14-32-19-12-10-18(11-13-19)22(29)20-21(17-8-6-15(2)7-9-17)28(24(31)23(20)30)25-27-26-16(3)33-25/h6-13,21,29H,4-5,14H2,1-3H3/b22-20-. The highest BCUT2D eigenvalue weighted by Crippen LogP contribution is 2.43. The van der Waals surface area contributed by atoms with Crippen molar-refractivity contribution in [2.45, 2.75) is 39.7 Å². The molecule has 170 valence electrons. The van der Waals surface area contributed by atoms with E-state index in [1.165, 1.54) is 16.2 Å². The molecule has 0 aliphatic carbocycles. The van der Waals surface area contributed by atoms with Crippen LogP contribution in [0.4, 0.5) is 5.13 Å². The number of ether oxygens (including phenoxy) is 1. The van der Waals surface area contributed by atoms with Gasteiger partial charge in [0, 0.05) is 5.56 Å². The van der Waals surface area contributed by atoms with E-state index in [-0.39, 0.29) is 11.3 Å². The molecule has 0 saturated carbocycles. The van der Waals surface area contributed by atoms with Crippen molar-refractivity contribution in [2.24, 2.45) is 0 Å². The third kappa shape index (κ3) is 4.52. The molecule has 0 bridgehead atoms. The van der Waals surface area contributed by atoms with Crippen molar-refractivity contribution in [1.29, 1.82) is 0 Å². The number of benzene rings is 2. The number of aromatic nitrogens is 2. The smallest absolute Gasteiger partial charge is 0.301 e. The van der Waals surface area contributed by atoms with Crippen molar-refractivity contribution in [3.63, 3.8) is 0 Å². The summed E-state index contributed by atoms with van der Waals surface area (Å²) in [6.45, 7) is 6.44. The topological polar surface area (TPSA) is 92.6 Å². The molecule has 1 unspecified atom stereocenters. The Kier molecular flexibility index (Phi) is 6.55. The number of aliphatic hydroxyl groups is 1. The van der Waals surface area contributed by atoms with Crippen molar-refractivity contribution in [2.75, 3.05) is 11.5 Å². The summed E-state index contributed by atoms with van der Waals surface area (Å²) in [5, 5.41) is 20.3. The van der Waals surface area contributed by atoms with Crippen LogP contribution in [0.5, 0.6) is 5.75 Å². The Morgan fingerprint density at radius 2 is 1.76 bits per heavy atom. The molecule has 1 saturated heterocycles. The summed E-state index contributed by atoms with van der Waals surface area (Å²) in [6.07, 6.45) is 1.99. The van der Waals surface area contributed by atoms with Crippen LogP contribution in [-0.2, 0) is 9.59 Å². The first-order valence-corrected chi connectivity index (χ1v) is 11.6. The first-order valence-electron chi connectivity index (χ1n) is 10.8. The first kappa shape index (κ1) is 22.7. The maximum absolute atomic E-state index is 13.1. The molecule has 2 aromatic carbocycles. The molecule has 1 aliphatic rings. The molecular formula is C25H25N3O4S. The first-order chi connectivity index (χ1) is 15.9. The number of unbranched alkanes of at least 4 members (excludes halogenated alkanes) is 1. The second-order valence-corrected chi connectivity index (χ2v) is 9.07. The van der Waals surface area contributed by atoms with Gasteiger partial charge in [0.1, 0.15) is 16.5 Å². The van der Waals surface area contributed by atoms with Gasteiger partial charge in [-0.15, -0.1) is 10.2 Å². The average Bonchev–Trinajstić information content (AvgIpc) is 3.35. The molecule has 1 N–H and O–H groups in total. The predicted molar refractivity (Wildman–Crippen MR) is 127 cm³/mol. The molecule has 1 aliphatic heterocycles. The molecule has 2 heterocycles. The van der Waals surface area contributed by atoms with Gasteiger partial charge in [0.05, 0.1) is 18.2 Å². The summed E-state index contributed by atoms with van der Waals surface area (Å²) in [5.41, 5.74) is 2.20. The number of ketones is 1. The third-order valence-corrected chi connectivity index (χ3v) is 6.29. The van der Waals surface area contributed by atoms with Gasteiger partial charge in [0.2, 0.25) is 5.13 Å². The number of carbonyl (C=O) groups is 2. The van der Waals surface area contributed by atoms with E-state index in [0.29, 0.717) is 33.6 Å². The van der Waals surface area contributed by atoms with Crippen LogP contribution >= 0.6 is 11.3 Å². The minimum absolute atomic E-state index is 0.0244. The summed E-state index contributed by atoms with van der Waals surface area (Å²) in [6, 6.07) is 13.6. The zero-order chi connectivity index (χ0) is 23.5. The fourth-order valence-electron chi connectivity index (χ4n) is 3.68. The molecule has 1 amide bonds. The minimum Gasteiger partial charge on any atom is -0.507 e. The number of hydrogen-bond donors (Lipinski definition) is 1. The normalized spacial score (nSPS) is 17.5. The SMILES string of the molecule is CCCCOc1ccc(/C(O)=C2/C(=O)C(=O)N(c3nnc(C)s3)C2c2ccc(C)cc2)cc1. The van der Waals surface area contributed by atoms with E-state index < -0.39 is 17.7 Å². The van der Waals surface area contributed by atoms with Crippen LogP contribution in [0.1, 0.15) is 47.5 Å². The lowest BCUT2D eigenvalue weighted by Gasteiger charge is -2.22. The maximum atomic E-state index is 13.1. The highest BCUT2D eigenvalue weighted by molar-refractivity contribution is 7.15. The van der Waals surface area contributed by atoms with E-state index in [9.17, 15) is 14.7 Å². The number of carbonyl (C=O) groups excluding carboxylic acids is 2. The average molecular weight is 464 g/mol. The minimum atomic E-state index is -0.807. The van der Waals surface area contributed by atoms with Gasteiger partial charge < -0.3 is 9.84 Å². The quantitative estimate of drug-likeness (QED) is 0.230. The molecule has 0 spiro atoms. The van der Waals surface area contributed by atoms with E-state index >= 15 is 0 Å². The van der Waals surface area contributed by atoms with Crippen LogP contribution in [0, 0.1) is 13.8 Å². The van der Waals surface area contributed by atoms with E-state index in [0.717, 1.165) is 18.4 Å². The highest BCUT2D eigenvalue weighted by Gasteiger charge is 2.48. The van der Waals surface area contributed by atoms with Gasteiger partial charge in [0.25, 0.3) is 5.78 Å². The molecule has 0 radical (unpaired) electrons. The number of nitrogens with zero attached hydrogens (tertiary/aromatic N) is 3. The summed E-state index contributed by atoms with van der Waals surface area (Å²) in [7, 11) is 0. The van der Waals surface area contributed by atoms with Gasteiger partial charge in [-0.05, 0) is 50.1 Å². The fourth-order valence-corrected chi connectivity index (χ4v) is 4.39. The lowest BCUT2D eigenvalue weighted by atomic mass is 9.95. The van der Waals surface area contributed by atoms with Crippen LogP contribution in [-0.4, -0.2) is 33.6 Å². The molecular weight excluding hydrogens is 438 g/mol. The van der Waals surface area contributed by atoms with Crippen LogP contribution < -0.4 is 9.64 Å². The highest BCUT2D eigenvalue weighted by atomic mass is 32.1. The van der Waals surface area contributed by atoms with Crippen molar-refractivity contribution in [3.05, 3.63) is 75.8 Å². The summed E-state index contributed by atoms with van der Waals surface area (Å²) >= 11 is 1.22. The van der Waals surface area contributed by atoms with E-state index in [2.05, 4.69) is 17.1 Å². The number of hydrogen-bond acceptors (Lipinski definition) is 7. The molecule has 4 rings (SSSR count). The molecule has 3 aromatic rings. The number of rotatable bonds is 7. The van der Waals surface area contributed by atoms with Crippen molar-refractivity contribution in [1.82, 2.24) is 10.2 Å². The Morgan fingerprint density at radius 1 is 1.06 bits per heavy atom. The van der Waals surface area contributed by atoms with Crippen LogP contribution in [0.3, 0.4) is 0 Å². The second-order valence-electron chi connectivity index (χ2n) is 7.91. The Bertz CT molecular complexity index is 1200. The maximum Gasteiger partial charge on any atom is 0.301 e. The molecule has 1 fully saturated rings. The van der Waals surface area contributed by atoms with Crippen LogP contribution in [0.2, 0.25) is 0 Å². The van der Waals surface area contributed by atoms with E-state index in [1.54, 1.807) is 31.2 Å². The monoisotopic (exact) mass is 463 g/mol. The molecule has 1 aromatic heterocycles. The summed E-state index contributed by atoms with van der Waals surface area (Å²) in [5.74, 6) is -1.05. The Morgan fingerprint density at radius 3 is 2.36 bits per heavy atom. The van der Waals surface area contributed by atoms with Crippen LogP contribution in [0.15, 0.2) is 54.1 Å². The lowest BCUT2D eigenvalue weighted by Crippen LogP contribution is -2.29. The van der Waals surface area contributed by atoms with Gasteiger partial charge in [-0.25, -0.2) is 0 Å². The van der Waals surface area contributed by atoms with Gasteiger partial charge in [-0.1, -0.05) is 54.5 Å². The zero-order valence-electron chi connectivity index (χ0n) is 18.7. The lowest BCUT2D eigenvalue weighted by molar-refractivity contribution is -0.132. The number of anilines is 1. The summed E-state index contributed by atoms with van der Waals surface area (Å²) < 4.78 is 5.68. The molecule has 7 nitrogen and oxygen atoms in total. The number of aryl methyl sites for hydroxylation is 2. The molecule has 1 atom stereocenters. The van der Waals surface area contributed by atoms with Gasteiger partial charge >= 0.3 is 5.91 Å². The van der Waals surface area contributed by atoms with E-state index in [1.807, 2.05) is 31.2 Å². The number of aliphatic hydroxyl groups excluding tert-OH is 1. The molecule has 8 heteroatoms. The predicted octanol–water partition coefficient (Wildman–Crippen LogP) is 4.96. The Balaban J connectivity index is 1.78. The fraction of sp³-hybridized carbons (Fsp3) is 0.280. The second kappa shape index (κ2) is 9.54. The largest absolute Gasteiger partial charge is 0.507 e. The zero-order valence-corrected chi connectivity index (χ0v) is 19.6.